The van der Waals surface area contributed by atoms with Gasteiger partial charge in [0.25, 0.3) is 0 Å². The molecule has 1 saturated heterocycles. The van der Waals surface area contributed by atoms with Crippen LogP contribution in [0.4, 0.5) is 0 Å². The fourth-order valence-corrected chi connectivity index (χ4v) is 2.05. The van der Waals surface area contributed by atoms with Gasteiger partial charge in [0.1, 0.15) is 0 Å². The molecule has 0 aromatic heterocycles. The molecule has 0 radical (unpaired) electrons. The van der Waals surface area contributed by atoms with E-state index in [4.69, 9.17) is 5.26 Å². The van der Waals surface area contributed by atoms with Gasteiger partial charge in [0.05, 0.1) is 19.0 Å². The number of carbonyl (C=O) groups excluding carboxylic acids is 1. The number of piperidine rings is 1. The van der Waals surface area contributed by atoms with Gasteiger partial charge in [0.15, 0.2) is 0 Å². The van der Waals surface area contributed by atoms with E-state index in [0.29, 0.717) is 25.6 Å². The first-order valence-corrected chi connectivity index (χ1v) is 6.17. The topological polar surface area (TPSA) is 59.4 Å². The fourth-order valence-electron chi connectivity index (χ4n) is 2.05. The van der Waals surface area contributed by atoms with E-state index in [-0.39, 0.29) is 5.91 Å². The molecule has 0 unspecified atom stereocenters. The molecule has 0 aromatic rings. The molecule has 0 aromatic carbocycles. The lowest BCUT2D eigenvalue weighted by molar-refractivity contribution is -0.131. The Kier molecular flexibility index (Phi) is 5.95. The van der Waals surface area contributed by atoms with Gasteiger partial charge in [-0.25, -0.2) is 0 Å². The number of likely N-dealkylation sites (N-methyl/N-ethyl adjacent to an activating group) is 2. The number of rotatable bonds is 5. The molecule has 0 spiro atoms. The third kappa shape index (κ3) is 4.72. The molecule has 1 aliphatic heterocycles. The molecule has 1 fully saturated rings. The van der Waals surface area contributed by atoms with Gasteiger partial charge in [-0.15, -0.1) is 0 Å². The van der Waals surface area contributed by atoms with Crippen LogP contribution in [-0.4, -0.2) is 62.0 Å². The van der Waals surface area contributed by atoms with Crippen LogP contribution in [0.15, 0.2) is 0 Å². The molecule has 5 nitrogen and oxygen atoms in total. The Morgan fingerprint density at radius 3 is 2.65 bits per heavy atom. The first-order chi connectivity index (χ1) is 8.15. The van der Waals surface area contributed by atoms with Gasteiger partial charge in [0, 0.05) is 19.6 Å². The Morgan fingerprint density at radius 1 is 1.41 bits per heavy atom. The van der Waals surface area contributed by atoms with Gasteiger partial charge < -0.3 is 10.2 Å². The number of hydrogen-bond acceptors (Lipinski definition) is 4. The number of nitrogens with one attached hydrogen (secondary N) is 1. The van der Waals surface area contributed by atoms with Crippen LogP contribution in [0.25, 0.3) is 0 Å². The third-order valence-electron chi connectivity index (χ3n) is 3.30. The molecule has 5 heteroatoms. The molecule has 1 heterocycles. The summed E-state index contributed by atoms with van der Waals surface area (Å²) >= 11 is 0. The van der Waals surface area contributed by atoms with Crippen molar-refractivity contribution in [2.75, 3.05) is 40.3 Å². The van der Waals surface area contributed by atoms with Crippen molar-refractivity contribution in [3.63, 3.8) is 0 Å². The average Bonchev–Trinajstić information content (AvgIpc) is 2.36. The quantitative estimate of drug-likeness (QED) is 0.735. The molecular formula is C12H22N4O. The summed E-state index contributed by atoms with van der Waals surface area (Å²) in [7, 11) is 3.77. The van der Waals surface area contributed by atoms with Crippen molar-refractivity contribution in [2.45, 2.75) is 25.3 Å². The van der Waals surface area contributed by atoms with E-state index in [1.54, 1.807) is 11.9 Å². The summed E-state index contributed by atoms with van der Waals surface area (Å²) < 4.78 is 0. The highest BCUT2D eigenvalue weighted by atomic mass is 16.2. The van der Waals surface area contributed by atoms with Crippen LogP contribution in [0.1, 0.15) is 19.3 Å². The van der Waals surface area contributed by atoms with Crippen molar-refractivity contribution >= 4 is 5.91 Å². The molecule has 96 valence electrons. The molecule has 1 N–H and O–H groups in total. The highest BCUT2D eigenvalue weighted by molar-refractivity contribution is 5.78. The number of carbonyl (C=O) groups is 1. The number of nitrogens with zero attached hydrogens (tertiary/aromatic N) is 3. The van der Waals surface area contributed by atoms with Crippen LogP contribution in [0.5, 0.6) is 0 Å². The summed E-state index contributed by atoms with van der Waals surface area (Å²) in [5.41, 5.74) is 0. The minimum Gasteiger partial charge on any atom is -0.344 e. The Balaban J connectivity index is 2.31. The molecule has 0 bridgehead atoms. The molecule has 0 atom stereocenters. The van der Waals surface area contributed by atoms with Gasteiger partial charge in [-0.1, -0.05) is 0 Å². The molecule has 1 amide bonds. The van der Waals surface area contributed by atoms with E-state index < -0.39 is 0 Å². The summed E-state index contributed by atoms with van der Waals surface area (Å²) in [6.07, 6.45) is 2.61. The lowest BCUT2D eigenvalue weighted by Gasteiger charge is -2.32. The number of nitriles is 1. The van der Waals surface area contributed by atoms with Crippen LogP contribution in [0, 0.1) is 11.3 Å². The van der Waals surface area contributed by atoms with Crippen molar-refractivity contribution in [3.05, 3.63) is 0 Å². The van der Waals surface area contributed by atoms with Gasteiger partial charge >= 0.3 is 0 Å². The zero-order valence-electron chi connectivity index (χ0n) is 10.8. The second kappa shape index (κ2) is 7.25. The predicted molar refractivity (Wildman–Crippen MR) is 66.4 cm³/mol. The van der Waals surface area contributed by atoms with Gasteiger partial charge in [-0.05, 0) is 33.0 Å². The van der Waals surface area contributed by atoms with Crippen molar-refractivity contribution in [2.24, 2.45) is 0 Å². The largest absolute Gasteiger partial charge is 0.344 e. The standard InChI is InChI=1S/C12H22N4O/c1-15(9-3-6-13)12(17)10-16(2)11-4-7-14-8-5-11/h11,14H,3-5,7-10H2,1-2H3. The zero-order chi connectivity index (χ0) is 12.7. The van der Waals surface area contributed by atoms with Crippen LogP contribution < -0.4 is 5.32 Å². The monoisotopic (exact) mass is 238 g/mol. The SMILES string of the molecule is CN(CCC#N)C(=O)CN(C)C1CCNCC1. The average molecular weight is 238 g/mol. The van der Waals surface area contributed by atoms with E-state index in [1.165, 1.54) is 0 Å². The van der Waals surface area contributed by atoms with Crippen LogP contribution in [0.3, 0.4) is 0 Å². The predicted octanol–water partition coefficient (Wildman–Crippen LogP) is 0.0423. The molecule has 17 heavy (non-hydrogen) atoms. The first-order valence-electron chi connectivity index (χ1n) is 6.17. The highest BCUT2D eigenvalue weighted by Crippen LogP contribution is 2.09. The summed E-state index contributed by atoms with van der Waals surface area (Å²) in [5.74, 6) is 0.0984. The van der Waals surface area contributed by atoms with Crippen molar-refractivity contribution in [3.8, 4) is 6.07 Å². The summed E-state index contributed by atoms with van der Waals surface area (Å²) in [4.78, 5) is 15.6. The fraction of sp³-hybridized carbons (Fsp3) is 0.833. The smallest absolute Gasteiger partial charge is 0.236 e. The lowest BCUT2D eigenvalue weighted by Crippen LogP contribution is -2.45. The molecule has 0 saturated carbocycles. The molecule has 0 aliphatic carbocycles. The summed E-state index contributed by atoms with van der Waals surface area (Å²) in [6, 6.07) is 2.56. The Labute approximate surface area is 103 Å². The Hall–Kier alpha value is -1.12. The first kappa shape index (κ1) is 13.9. The molecular weight excluding hydrogens is 216 g/mol. The second-order valence-electron chi connectivity index (χ2n) is 4.62. The van der Waals surface area contributed by atoms with Gasteiger partial charge in [0.2, 0.25) is 5.91 Å². The van der Waals surface area contributed by atoms with Gasteiger partial charge in [-0.3, -0.25) is 9.69 Å². The molecule has 1 rings (SSSR count). The Morgan fingerprint density at radius 2 is 2.06 bits per heavy atom. The Bertz CT molecular complexity index is 281. The zero-order valence-corrected chi connectivity index (χ0v) is 10.8. The van der Waals surface area contributed by atoms with E-state index in [2.05, 4.69) is 16.3 Å². The van der Waals surface area contributed by atoms with Crippen molar-refractivity contribution < 1.29 is 4.79 Å². The van der Waals surface area contributed by atoms with E-state index in [9.17, 15) is 4.79 Å². The van der Waals surface area contributed by atoms with Crippen LogP contribution >= 0.6 is 0 Å². The summed E-state index contributed by atoms with van der Waals surface area (Å²) in [6.45, 7) is 3.04. The van der Waals surface area contributed by atoms with E-state index in [1.807, 2.05) is 7.05 Å². The third-order valence-corrected chi connectivity index (χ3v) is 3.30. The summed E-state index contributed by atoms with van der Waals surface area (Å²) in [5, 5.41) is 11.8. The van der Waals surface area contributed by atoms with E-state index >= 15 is 0 Å². The lowest BCUT2D eigenvalue weighted by atomic mass is 10.1. The maximum absolute atomic E-state index is 11.9. The van der Waals surface area contributed by atoms with E-state index in [0.717, 1.165) is 25.9 Å². The minimum absolute atomic E-state index is 0.0984. The highest BCUT2D eigenvalue weighted by Gasteiger charge is 2.20. The van der Waals surface area contributed by atoms with Crippen LogP contribution in [0.2, 0.25) is 0 Å². The van der Waals surface area contributed by atoms with Crippen LogP contribution in [-0.2, 0) is 4.79 Å². The maximum Gasteiger partial charge on any atom is 0.236 e. The molecule has 1 aliphatic rings. The second-order valence-corrected chi connectivity index (χ2v) is 4.62. The normalized spacial score (nSPS) is 16.8. The van der Waals surface area contributed by atoms with Gasteiger partial charge in [-0.2, -0.15) is 5.26 Å². The maximum atomic E-state index is 11.9. The number of hydrogen-bond donors (Lipinski definition) is 1. The van der Waals surface area contributed by atoms with Crippen molar-refractivity contribution in [1.29, 1.82) is 5.26 Å². The van der Waals surface area contributed by atoms with Crippen molar-refractivity contribution in [1.82, 2.24) is 15.1 Å². The number of amides is 1. The minimum atomic E-state index is 0.0984.